The number of nitrogens with zero attached hydrogens (tertiary/aromatic N) is 6. The van der Waals surface area contributed by atoms with Crippen molar-refractivity contribution in [1.82, 2.24) is 29.0 Å². The zero-order chi connectivity index (χ0) is 29.1. The van der Waals surface area contributed by atoms with Crippen LogP contribution >= 0.6 is 0 Å². The van der Waals surface area contributed by atoms with Crippen molar-refractivity contribution in [3.05, 3.63) is 24.2 Å². The fourth-order valence-electron chi connectivity index (χ4n) is 4.98. The van der Waals surface area contributed by atoms with Crippen molar-refractivity contribution in [2.24, 2.45) is 0 Å². The lowest BCUT2D eigenvalue weighted by Crippen LogP contribution is -2.45. The van der Waals surface area contributed by atoms with Crippen molar-refractivity contribution in [1.29, 1.82) is 0 Å². The first-order chi connectivity index (χ1) is 18.7. The van der Waals surface area contributed by atoms with Gasteiger partial charge in [-0.05, 0) is 46.6 Å². The van der Waals surface area contributed by atoms with Crippen LogP contribution in [0.3, 0.4) is 0 Å². The zero-order valence-electron chi connectivity index (χ0n) is 23.1. The highest BCUT2D eigenvalue weighted by molar-refractivity contribution is 7.89. The molecule has 0 bridgehead atoms. The molecule has 11 nitrogen and oxygen atoms in total. The number of hydrogen-bond acceptors (Lipinski definition) is 9. The molecule has 2 N–H and O–H groups in total. The molecule has 0 aromatic carbocycles. The second-order valence-electron chi connectivity index (χ2n) is 11.1. The van der Waals surface area contributed by atoms with E-state index in [1.807, 2.05) is 0 Å². The summed E-state index contributed by atoms with van der Waals surface area (Å²) in [6.07, 6.45) is 0.239. The van der Waals surface area contributed by atoms with E-state index in [9.17, 15) is 26.7 Å². The first-order valence-corrected chi connectivity index (χ1v) is 15.1. The number of morpholine rings is 1. The lowest BCUT2D eigenvalue weighted by Gasteiger charge is -2.34. The molecule has 15 heteroatoms. The second-order valence-corrected chi connectivity index (χ2v) is 13.2. The molecule has 2 aromatic rings. The standard InChI is InChI=1S/C25H38F3N7O4S/c1-18-16-39-11-10-33(18)7-4-12-40(37,38)35-8-5-20(6-9-35)31-23-29-14-21(25(26,27)28)22(32-23)19-13-30-34(15-19)17-24(2,3)36/h13-15,18,20,36H,4-12,16-17H2,1-3H3,(H,29,31,32)/t18-/m0/s1. The molecule has 2 saturated heterocycles. The average molecular weight is 590 g/mol. The molecule has 4 heterocycles. The Morgan fingerprint density at radius 2 is 1.90 bits per heavy atom. The lowest BCUT2D eigenvalue weighted by atomic mass is 10.1. The lowest BCUT2D eigenvalue weighted by molar-refractivity contribution is -0.137. The molecular formula is C25H38F3N7O4S. The van der Waals surface area contributed by atoms with Crippen LogP contribution in [0.15, 0.2) is 18.6 Å². The molecule has 0 unspecified atom stereocenters. The van der Waals surface area contributed by atoms with Crippen molar-refractivity contribution >= 4 is 16.0 Å². The topological polar surface area (TPSA) is 126 Å². The van der Waals surface area contributed by atoms with Crippen molar-refractivity contribution in [3.8, 4) is 11.3 Å². The number of anilines is 1. The van der Waals surface area contributed by atoms with Gasteiger partial charge < -0.3 is 15.2 Å². The average Bonchev–Trinajstić information content (AvgIpc) is 3.31. The van der Waals surface area contributed by atoms with Crippen LogP contribution < -0.4 is 5.32 Å². The summed E-state index contributed by atoms with van der Waals surface area (Å²) in [5.74, 6) is 0.0981. The number of halogens is 3. The molecule has 0 radical (unpaired) electrons. The molecule has 40 heavy (non-hydrogen) atoms. The van der Waals surface area contributed by atoms with Gasteiger partial charge in [0.2, 0.25) is 16.0 Å². The molecule has 0 aliphatic carbocycles. The van der Waals surface area contributed by atoms with E-state index in [-0.39, 0.29) is 41.6 Å². The zero-order valence-corrected chi connectivity index (χ0v) is 23.9. The quantitative estimate of drug-likeness (QED) is 0.430. The summed E-state index contributed by atoms with van der Waals surface area (Å²) >= 11 is 0. The van der Waals surface area contributed by atoms with E-state index >= 15 is 0 Å². The van der Waals surface area contributed by atoms with Crippen molar-refractivity contribution in [2.75, 3.05) is 50.5 Å². The van der Waals surface area contributed by atoms with Crippen LogP contribution in [0, 0.1) is 0 Å². The molecule has 0 saturated carbocycles. The molecular weight excluding hydrogens is 551 g/mol. The predicted octanol–water partition coefficient (Wildman–Crippen LogP) is 2.45. The maximum Gasteiger partial charge on any atom is 0.419 e. The van der Waals surface area contributed by atoms with Crippen LogP contribution in [-0.2, 0) is 27.5 Å². The number of aromatic nitrogens is 4. The van der Waals surface area contributed by atoms with E-state index in [0.717, 1.165) is 12.7 Å². The number of alkyl halides is 3. The van der Waals surface area contributed by atoms with Crippen molar-refractivity contribution in [2.45, 2.75) is 70.4 Å². The molecule has 0 spiro atoms. The summed E-state index contributed by atoms with van der Waals surface area (Å²) in [5, 5.41) is 17.2. The fourth-order valence-corrected chi connectivity index (χ4v) is 6.50. The van der Waals surface area contributed by atoms with E-state index in [2.05, 4.69) is 32.2 Å². The number of piperidine rings is 1. The Bertz CT molecular complexity index is 1240. The molecule has 2 fully saturated rings. The molecule has 0 amide bonds. The van der Waals surface area contributed by atoms with Gasteiger partial charge in [-0.3, -0.25) is 9.58 Å². The summed E-state index contributed by atoms with van der Waals surface area (Å²) in [5.41, 5.74) is -2.26. The Kier molecular flexibility index (Phi) is 9.39. The van der Waals surface area contributed by atoms with Gasteiger partial charge in [-0.15, -0.1) is 0 Å². The summed E-state index contributed by atoms with van der Waals surface area (Å²) in [6, 6.07) is 0.0817. The Morgan fingerprint density at radius 1 is 1.18 bits per heavy atom. The first kappa shape index (κ1) is 30.6. The van der Waals surface area contributed by atoms with Gasteiger partial charge in [-0.25, -0.2) is 22.7 Å². The molecule has 2 aliphatic heterocycles. The minimum absolute atomic E-state index is 0.0270. The second kappa shape index (κ2) is 12.3. The number of hydrogen-bond donors (Lipinski definition) is 2. The van der Waals surface area contributed by atoms with Crippen LogP contribution in [0.2, 0.25) is 0 Å². The Hall–Kier alpha value is -2.33. The first-order valence-electron chi connectivity index (χ1n) is 13.5. The van der Waals surface area contributed by atoms with Gasteiger partial charge in [0, 0.05) is 49.7 Å². The van der Waals surface area contributed by atoms with Crippen LogP contribution in [0.1, 0.15) is 45.6 Å². The van der Waals surface area contributed by atoms with Crippen LogP contribution in [0.4, 0.5) is 19.1 Å². The Balaban J connectivity index is 1.36. The molecule has 1 atom stereocenters. The summed E-state index contributed by atoms with van der Waals surface area (Å²) in [7, 11) is -3.41. The number of nitrogens with one attached hydrogen (secondary N) is 1. The molecule has 2 aliphatic rings. The van der Waals surface area contributed by atoms with Gasteiger partial charge in [0.1, 0.15) is 5.56 Å². The Labute approximate surface area is 232 Å². The highest BCUT2D eigenvalue weighted by Gasteiger charge is 2.36. The summed E-state index contributed by atoms with van der Waals surface area (Å²) in [4.78, 5) is 10.3. The van der Waals surface area contributed by atoms with Gasteiger partial charge in [0.05, 0.1) is 43.0 Å². The van der Waals surface area contributed by atoms with Crippen LogP contribution in [0.25, 0.3) is 11.3 Å². The van der Waals surface area contributed by atoms with Crippen molar-refractivity contribution < 1.29 is 31.4 Å². The van der Waals surface area contributed by atoms with Gasteiger partial charge >= 0.3 is 6.18 Å². The highest BCUT2D eigenvalue weighted by atomic mass is 32.2. The van der Waals surface area contributed by atoms with Gasteiger partial charge in [0.25, 0.3) is 0 Å². The van der Waals surface area contributed by atoms with E-state index in [0.29, 0.717) is 52.1 Å². The third kappa shape index (κ3) is 8.12. The summed E-state index contributed by atoms with van der Waals surface area (Å²) in [6.45, 7) is 8.75. The number of ether oxygens (including phenoxy) is 1. The highest BCUT2D eigenvalue weighted by Crippen LogP contribution is 2.36. The minimum atomic E-state index is -4.67. The maximum atomic E-state index is 13.7. The maximum absolute atomic E-state index is 13.7. The monoisotopic (exact) mass is 589 g/mol. The van der Waals surface area contributed by atoms with Gasteiger partial charge in [-0.1, -0.05) is 0 Å². The molecule has 224 valence electrons. The molecule has 4 rings (SSSR count). The molecule has 2 aromatic heterocycles. The normalized spacial score (nSPS) is 20.6. The number of rotatable bonds is 10. The predicted molar refractivity (Wildman–Crippen MR) is 143 cm³/mol. The number of aliphatic hydroxyl groups is 1. The SMILES string of the molecule is C[C@H]1COCCN1CCCS(=O)(=O)N1CCC(Nc2ncc(C(F)(F)F)c(-c3cnn(CC(C)(C)O)c3)n2)CC1. The van der Waals surface area contributed by atoms with Gasteiger partial charge in [0.15, 0.2) is 0 Å². The van der Waals surface area contributed by atoms with Crippen LogP contribution in [0.5, 0.6) is 0 Å². The summed E-state index contributed by atoms with van der Waals surface area (Å²) < 4.78 is 75.3. The Morgan fingerprint density at radius 3 is 2.55 bits per heavy atom. The third-order valence-electron chi connectivity index (χ3n) is 7.08. The van der Waals surface area contributed by atoms with Crippen molar-refractivity contribution in [3.63, 3.8) is 0 Å². The number of sulfonamides is 1. The van der Waals surface area contributed by atoms with Gasteiger partial charge in [-0.2, -0.15) is 18.3 Å². The smallest absolute Gasteiger partial charge is 0.389 e. The van der Waals surface area contributed by atoms with Crippen LogP contribution in [-0.4, -0.2) is 105 Å². The third-order valence-corrected chi connectivity index (χ3v) is 9.04. The largest absolute Gasteiger partial charge is 0.419 e. The van der Waals surface area contributed by atoms with E-state index in [4.69, 9.17) is 4.74 Å². The van der Waals surface area contributed by atoms with E-state index in [1.165, 1.54) is 21.4 Å². The minimum Gasteiger partial charge on any atom is -0.389 e. The van der Waals surface area contributed by atoms with E-state index < -0.39 is 27.4 Å². The fraction of sp³-hybridized carbons (Fsp3) is 0.720. The van der Waals surface area contributed by atoms with E-state index in [1.54, 1.807) is 13.8 Å².